The molecule has 2 aliphatic heterocycles. The number of likely N-dealkylation sites (N-methyl/N-ethyl adjacent to an activating group) is 1. The highest BCUT2D eigenvalue weighted by Crippen LogP contribution is 2.21. The van der Waals surface area contributed by atoms with E-state index in [1.54, 1.807) is 16.4 Å². The lowest BCUT2D eigenvalue weighted by molar-refractivity contribution is -0.121. The molecule has 29 heavy (non-hydrogen) atoms. The number of nitrogens with one attached hydrogen (secondary N) is 1. The fraction of sp³-hybridized carbons (Fsp3) is 0.682. The summed E-state index contributed by atoms with van der Waals surface area (Å²) in [5.74, 6) is 0.0641. The first kappa shape index (κ1) is 22.2. The van der Waals surface area contributed by atoms with E-state index in [0.717, 1.165) is 57.3 Å². The lowest BCUT2D eigenvalue weighted by atomic mass is 10.1. The topological polar surface area (TPSA) is 69.7 Å². The number of hydrogen-bond acceptors (Lipinski definition) is 4. The molecule has 1 unspecified atom stereocenters. The Hall–Kier alpha value is -1.44. The molecular weight excluding hydrogens is 386 g/mol. The molecule has 0 aliphatic carbocycles. The van der Waals surface area contributed by atoms with Crippen LogP contribution < -0.4 is 5.32 Å². The van der Waals surface area contributed by atoms with Gasteiger partial charge in [-0.15, -0.1) is 0 Å². The van der Waals surface area contributed by atoms with Gasteiger partial charge in [-0.05, 0) is 62.9 Å². The highest BCUT2D eigenvalue weighted by molar-refractivity contribution is 7.89. The van der Waals surface area contributed by atoms with Crippen molar-refractivity contribution in [2.24, 2.45) is 0 Å². The van der Waals surface area contributed by atoms with Crippen LogP contribution in [0.5, 0.6) is 0 Å². The largest absolute Gasteiger partial charge is 0.355 e. The van der Waals surface area contributed by atoms with Gasteiger partial charge in [-0.3, -0.25) is 9.69 Å². The summed E-state index contributed by atoms with van der Waals surface area (Å²) in [4.78, 5) is 15.0. The van der Waals surface area contributed by atoms with Crippen molar-refractivity contribution in [3.8, 4) is 0 Å². The molecule has 1 N–H and O–H groups in total. The molecule has 1 amide bonds. The Balaban J connectivity index is 1.48. The van der Waals surface area contributed by atoms with Crippen LogP contribution >= 0.6 is 0 Å². The molecule has 0 aromatic heterocycles. The van der Waals surface area contributed by atoms with Gasteiger partial charge >= 0.3 is 0 Å². The number of sulfonamides is 1. The average Bonchev–Trinajstić information content (AvgIpc) is 3.00. The number of benzene rings is 1. The van der Waals surface area contributed by atoms with E-state index in [2.05, 4.69) is 17.1 Å². The second-order valence-electron chi connectivity index (χ2n) is 8.19. The van der Waals surface area contributed by atoms with Gasteiger partial charge in [0.05, 0.1) is 4.90 Å². The molecule has 1 aromatic carbocycles. The molecule has 0 bridgehead atoms. The molecule has 1 atom stereocenters. The van der Waals surface area contributed by atoms with Crippen LogP contribution in [0.4, 0.5) is 0 Å². The summed E-state index contributed by atoms with van der Waals surface area (Å²) in [5.41, 5.74) is 0.992. The van der Waals surface area contributed by atoms with Crippen LogP contribution in [-0.4, -0.2) is 62.3 Å². The molecular formula is C22H35N3O3S. The van der Waals surface area contributed by atoms with Crippen molar-refractivity contribution in [3.63, 3.8) is 0 Å². The van der Waals surface area contributed by atoms with E-state index in [9.17, 15) is 13.2 Å². The van der Waals surface area contributed by atoms with Crippen LogP contribution in [0.2, 0.25) is 0 Å². The van der Waals surface area contributed by atoms with Gasteiger partial charge in [0.1, 0.15) is 0 Å². The Morgan fingerprint density at radius 3 is 2.38 bits per heavy atom. The molecule has 2 fully saturated rings. The maximum atomic E-state index is 12.8. The second kappa shape index (κ2) is 10.5. The molecule has 0 spiro atoms. The Labute approximate surface area is 175 Å². The van der Waals surface area contributed by atoms with Gasteiger partial charge in [-0.25, -0.2) is 8.42 Å². The predicted molar refractivity (Wildman–Crippen MR) is 115 cm³/mol. The van der Waals surface area contributed by atoms with E-state index in [0.29, 0.717) is 36.9 Å². The molecule has 2 saturated heterocycles. The molecule has 2 aliphatic rings. The Bertz CT molecular complexity index is 756. The lowest BCUT2D eigenvalue weighted by Gasteiger charge is -2.22. The van der Waals surface area contributed by atoms with Crippen LogP contribution in [0.15, 0.2) is 29.2 Å². The summed E-state index contributed by atoms with van der Waals surface area (Å²) in [7, 11) is -3.41. The summed E-state index contributed by atoms with van der Waals surface area (Å²) in [6.45, 7) is 6.27. The highest BCUT2D eigenvalue weighted by atomic mass is 32.2. The number of hydrogen-bond donors (Lipinski definition) is 1. The van der Waals surface area contributed by atoms with Crippen LogP contribution in [-0.2, 0) is 21.2 Å². The average molecular weight is 422 g/mol. The maximum Gasteiger partial charge on any atom is 0.243 e. The smallest absolute Gasteiger partial charge is 0.243 e. The van der Waals surface area contributed by atoms with E-state index in [1.165, 1.54) is 6.42 Å². The van der Waals surface area contributed by atoms with E-state index >= 15 is 0 Å². The minimum Gasteiger partial charge on any atom is -0.355 e. The monoisotopic (exact) mass is 421 g/mol. The van der Waals surface area contributed by atoms with Gasteiger partial charge in [-0.2, -0.15) is 4.31 Å². The number of carbonyl (C=O) groups is 1. The summed E-state index contributed by atoms with van der Waals surface area (Å²) >= 11 is 0. The maximum absolute atomic E-state index is 12.8. The standard InChI is InChI=1S/C22H35N3O3S/c1-2-24-15-7-8-20(24)18-23-22(26)14-11-19-9-12-21(13-10-19)29(27,28)25-16-5-3-4-6-17-25/h9-10,12-13,20H,2-8,11,14-18H2,1H3,(H,23,26). The number of nitrogens with zero attached hydrogens (tertiary/aromatic N) is 2. The predicted octanol–water partition coefficient (Wildman–Crippen LogP) is 2.78. The van der Waals surface area contributed by atoms with Gasteiger partial charge in [0.15, 0.2) is 0 Å². The Kier molecular flexibility index (Phi) is 8.09. The molecule has 0 saturated carbocycles. The zero-order chi connectivity index (χ0) is 20.7. The van der Waals surface area contributed by atoms with Gasteiger partial charge in [-0.1, -0.05) is 31.9 Å². The Morgan fingerprint density at radius 2 is 1.72 bits per heavy atom. The molecule has 0 radical (unpaired) electrons. The third kappa shape index (κ3) is 6.03. The SMILES string of the molecule is CCN1CCCC1CNC(=O)CCc1ccc(S(=O)(=O)N2CCCCCC2)cc1. The van der Waals surface area contributed by atoms with Crippen LogP contribution in [0.25, 0.3) is 0 Å². The van der Waals surface area contributed by atoms with Crippen molar-refractivity contribution in [1.82, 2.24) is 14.5 Å². The fourth-order valence-corrected chi connectivity index (χ4v) is 5.90. The van der Waals surface area contributed by atoms with Crippen molar-refractivity contribution in [3.05, 3.63) is 29.8 Å². The minimum absolute atomic E-state index is 0.0641. The molecule has 7 heteroatoms. The summed E-state index contributed by atoms with van der Waals surface area (Å²) < 4.78 is 27.3. The van der Waals surface area contributed by atoms with Gasteiger partial charge in [0.2, 0.25) is 15.9 Å². The fourth-order valence-electron chi connectivity index (χ4n) is 4.38. The highest BCUT2D eigenvalue weighted by Gasteiger charge is 2.25. The summed E-state index contributed by atoms with van der Waals surface area (Å²) in [6.07, 6.45) is 7.48. The number of rotatable bonds is 8. The lowest BCUT2D eigenvalue weighted by Crippen LogP contribution is -2.40. The number of carbonyl (C=O) groups excluding carboxylic acids is 1. The van der Waals surface area contributed by atoms with Crippen molar-refractivity contribution in [1.29, 1.82) is 0 Å². The normalized spacial score (nSPS) is 21.8. The molecule has 1 aromatic rings. The van der Waals surface area contributed by atoms with Gasteiger partial charge < -0.3 is 5.32 Å². The molecule has 6 nitrogen and oxygen atoms in total. The zero-order valence-electron chi connectivity index (χ0n) is 17.6. The van der Waals surface area contributed by atoms with Crippen molar-refractivity contribution < 1.29 is 13.2 Å². The van der Waals surface area contributed by atoms with Crippen molar-refractivity contribution in [2.75, 3.05) is 32.7 Å². The quantitative estimate of drug-likeness (QED) is 0.701. The van der Waals surface area contributed by atoms with Crippen molar-refractivity contribution in [2.45, 2.75) is 69.2 Å². The third-order valence-corrected chi connectivity index (χ3v) is 8.12. The van der Waals surface area contributed by atoms with E-state index in [4.69, 9.17) is 0 Å². The van der Waals surface area contributed by atoms with E-state index in [1.807, 2.05) is 12.1 Å². The first-order valence-corrected chi connectivity index (χ1v) is 12.5. The van der Waals surface area contributed by atoms with Crippen LogP contribution in [0.1, 0.15) is 57.4 Å². The van der Waals surface area contributed by atoms with Gasteiger partial charge in [0, 0.05) is 32.1 Å². The minimum atomic E-state index is -3.41. The van der Waals surface area contributed by atoms with E-state index < -0.39 is 10.0 Å². The number of likely N-dealkylation sites (tertiary alicyclic amines) is 1. The summed E-state index contributed by atoms with van der Waals surface area (Å²) in [6, 6.07) is 7.52. The van der Waals surface area contributed by atoms with Gasteiger partial charge in [0.25, 0.3) is 0 Å². The first-order chi connectivity index (χ1) is 14.0. The zero-order valence-corrected chi connectivity index (χ0v) is 18.4. The van der Waals surface area contributed by atoms with E-state index in [-0.39, 0.29) is 5.91 Å². The van der Waals surface area contributed by atoms with Crippen molar-refractivity contribution >= 4 is 15.9 Å². The molecule has 162 valence electrons. The number of aryl methyl sites for hydroxylation is 1. The second-order valence-corrected chi connectivity index (χ2v) is 10.1. The third-order valence-electron chi connectivity index (χ3n) is 6.21. The van der Waals surface area contributed by atoms with Crippen LogP contribution in [0, 0.1) is 0 Å². The number of amides is 1. The first-order valence-electron chi connectivity index (χ1n) is 11.1. The Morgan fingerprint density at radius 1 is 1.03 bits per heavy atom. The summed E-state index contributed by atoms with van der Waals surface area (Å²) in [5, 5.41) is 3.06. The molecule has 2 heterocycles. The molecule has 3 rings (SSSR count). The van der Waals surface area contributed by atoms with Crippen LogP contribution in [0.3, 0.4) is 0 Å².